The molecule has 0 bridgehead atoms. The first-order valence-corrected chi connectivity index (χ1v) is 11.2. The SMILES string of the molecule is Cc1ccc(C2CC23C(=O)Nc2cc(Cl)c(-c4ccc(C5CC5)cn4)cc23)cc1C(=O)O. The molecule has 2 heterocycles. The lowest BCUT2D eigenvalue weighted by molar-refractivity contribution is -0.118. The van der Waals surface area contributed by atoms with E-state index >= 15 is 0 Å². The number of rotatable bonds is 4. The molecule has 2 saturated carbocycles. The largest absolute Gasteiger partial charge is 0.478 e. The molecule has 2 N–H and O–H groups in total. The smallest absolute Gasteiger partial charge is 0.335 e. The van der Waals surface area contributed by atoms with E-state index in [4.69, 9.17) is 11.6 Å². The molecule has 6 heteroatoms. The second-order valence-corrected chi connectivity index (χ2v) is 9.60. The lowest BCUT2D eigenvalue weighted by Crippen LogP contribution is -2.21. The Morgan fingerprint density at radius 3 is 2.62 bits per heavy atom. The van der Waals surface area contributed by atoms with Crippen molar-refractivity contribution in [2.24, 2.45) is 0 Å². The van der Waals surface area contributed by atoms with Crippen LogP contribution in [0.1, 0.15) is 63.7 Å². The Labute approximate surface area is 190 Å². The number of nitrogens with zero attached hydrogens (tertiary/aromatic N) is 1. The van der Waals surface area contributed by atoms with Gasteiger partial charge in [0, 0.05) is 23.4 Å². The second kappa shape index (κ2) is 6.66. The predicted octanol–water partition coefficient (Wildman–Crippen LogP) is 5.66. The summed E-state index contributed by atoms with van der Waals surface area (Å²) in [5.41, 5.74) is 5.68. The van der Waals surface area contributed by atoms with Gasteiger partial charge in [-0.3, -0.25) is 9.78 Å². The summed E-state index contributed by atoms with van der Waals surface area (Å²) in [5.74, 6) is -0.443. The molecule has 32 heavy (non-hydrogen) atoms. The highest BCUT2D eigenvalue weighted by Gasteiger charge is 2.65. The molecular weight excluding hydrogens is 424 g/mol. The van der Waals surface area contributed by atoms with E-state index in [2.05, 4.69) is 16.4 Å². The molecule has 3 aliphatic rings. The minimum Gasteiger partial charge on any atom is -0.478 e. The first-order chi connectivity index (χ1) is 15.4. The van der Waals surface area contributed by atoms with Crippen LogP contribution in [0.15, 0.2) is 48.7 Å². The second-order valence-electron chi connectivity index (χ2n) is 9.19. The molecule has 2 aromatic carbocycles. The van der Waals surface area contributed by atoms with Crippen molar-refractivity contribution in [3.63, 3.8) is 0 Å². The highest BCUT2D eigenvalue weighted by Crippen LogP contribution is 2.65. The number of nitrogens with one attached hydrogen (secondary N) is 1. The van der Waals surface area contributed by atoms with Gasteiger partial charge in [-0.2, -0.15) is 0 Å². The fourth-order valence-electron chi connectivity index (χ4n) is 5.12. The maximum atomic E-state index is 13.1. The van der Waals surface area contributed by atoms with Gasteiger partial charge in [0.2, 0.25) is 5.91 Å². The molecule has 3 aromatic rings. The fraction of sp³-hybridized carbons (Fsp3) is 0.269. The van der Waals surface area contributed by atoms with Gasteiger partial charge in [-0.15, -0.1) is 0 Å². The monoisotopic (exact) mass is 444 g/mol. The quantitative estimate of drug-likeness (QED) is 0.543. The Morgan fingerprint density at radius 2 is 1.94 bits per heavy atom. The van der Waals surface area contributed by atoms with E-state index in [-0.39, 0.29) is 17.4 Å². The third kappa shape index (κ3) is 2.81. The molecule has 5 nitrogen and oxygen atoms in total. The number of carboxylic acid groups (broad SMARTS) is 1. The van der Waals surface area contributed by atoms with Crippen LogP contribution in [0.3, 0.4) is 0 Å². The number of carbonyl (C=O) groups is 2. The first kappa shape index (κ1) is 19.5. The van der Waals surface area contributed by atoms with E-state index < -0.39 is 11.4 Å². The maximum absolute atomic E-state index is 13.1. The summed E-state index contributed by atoms with van der Waals surface area (Å²) in [4.78, 5) is 29.3. The number of halogens is 1. The molecule has 2 fully saturated rings. The number of benzene rings is 2. The summed E-state index contributed by atoms with van der Waals surface area (Å²) in [5, 5.41) is 13.0. The van der Waals surface area contributed by atoms with Gasteiger partial charge in [0.1, 0.15) is 0 Å². The standard InChI is InChI=1S/C26H21ClN2O3/c1-13-2-3-15(8-17(13)24(30)31)20-11-26(20)19-9-18(21(27)10-23(19)29-25(26)32)22-7-6-16(12-28-22)14-4-5-14/h2-3,6-10,12,14,20H,4-5,11H2,1H3,(H,29,32)(H,30,31). The van der Waals surface area contributed by atoms with Gasteiger partial charge >= 0.3 is 5.97 Å². The summed E-state index contributed by atoms with van der Waals surface area (Å²) in [6.07, 6.45) is 5.01. The van der Waals surface area contributed by atoms with E-state index in [1.54, 1.807) is 13.0 Å². The number of aryl methyl sites for hydroxylation is 1. The van der Waals surface area contributed by atoms with Crippen molar-refractivity contribution in [3.8, 4) is 11.3 Å². The predicted molar refractivity (Wildman–Crippen MR) is 122 cm³/mol. The van der Waals surface area contributed by atoms with Crippen molar-refractivity contribution in [1.82, 2.24) is 4.98 Å². The lowest BCUT2D eigenvalue weighted by Gasteiger charge is -2.13. The number of fused-ring (bicyclic) bond motifs is 2. The van der Waals surface area contributed by atoms with Crippen molar-refractivity contribution < 1.29 is 14.7 Å². The van der Waals surface area contributed by atoms with Gasteiger partial charge in [-0.05, 0) is 78.6 Å². The van der Waals surface area contributed by atoms with Crippen LogP contribution in [-0.2, 0) is 10.2 Å². The van der Waals surface area contributed by atoms with Gasteiger partial charge in [-0.25, -0.2) is 4.79 Å². The molecule has 1 spiro atoms. The highest BCUT2D eigenvalue weighted by molar-refractivity contribution is 6.34. The normalized spacial score (nSPS) is 23.2. The first-order valence-electron chi connectivity index (χ1n) is 10.8. The lowest BCUT2D eigenvalue weighted by atomic mass is 9.89. The Hall–Kier alpha value is -3.18. The summed E-state index contributed by atoms with van der Waals surface area (Å²) in [6, 6.07) is 13.4. The van der Waals surface area contributed by atoms with Gasteiger partial charge in [-0.1, -0.05) is 29.8 Å². The number of aromatic nitrogens is 1. The summed E-state index contributed by atoms with van der Waals surface area (Å²) < 4.78 is 0. The van der Waals surface area contributed by atoms with E-state index in [1.807, 2.05) is 36.5 Å². The molecule has 1 amide bonds. The van der Waals surface area contributed by atoms with Crippen molar-refractivity contribution in [3.05, 3.63) is 81.5 Å². The Morgan fingerprint density at radius 1 is 1.16 bits per heavy atom. The van der Waals surface area contributed by atoms with Crippen LogP contribution in [0.5, 0.6) is 0 Å². The zero-order chi connectivity index (χ0) is 22.2. The van der Waals surface area contributed by atoms with E-state index in [0.717, 1.165) is 28.1 Å². The van der Waals surface area contributed by atoms with Gasteiger partial charge < -0.3 is 10.4 Å². The zero-order valence-corrected chi connectivity index (χ0v) is 18.2. The molecule has 2 aliphatic carbocycles. The molecule has 2 atom stereocenters. The Bertz CT molecular complexity index is 1310. The molecular formula is C26H21ClN2O3. The number of carboxylic acids is 1. The van der Waals surface area contributed by atoms with Crippen molar-refractivity contribution in [2.75, 3.05) is 5.32 Å². The molecule has 2 unspecified atom stereocenters. The molecule has 0 radical (unpaired) electrons. The molecule has 6 rings (SSSR count). The topological polar surface area (TPSA) is 79.3 Å². The Kier molecular flexibility index (Phi) is 4.06. The van der Waals surface area contributed by atoms with Crippen molar-refractivity contribution in [1.29, 1.82) is 0 Å². The summed E-state index contributed by atoms with van der Waals surface area (Å²) >= 11 is 6.59. The van der Waals surface area contributed by atoms with Crippen LogP contribution >= 0.6 is 11.6 Å². The minimum atomic E-state index is -0.954. The minimum absolute atomic E-state index is 0.0554. The number of amides is 1. The average Bonchev–Trinajstić information content (AvgIpc) is 3.68. The van der Waals surface area contributed by atoms with Crippen LogP contribution in [-0.4, -0.2) is 22.0 Å². The van der Waals surface area contributed by atoms with Crippen LogP contribution in [0.25, 0.3) is 11.3 Å². The zero-order valence-electron chi connectivity index (χ0n) is 17.5. The number of hydrogen-bond donors (Lipinski definition) is 2. The molecule has 160 valence electrons. The van der Waals surface area contributed by atoms with Crippen LogP contribution in [0.4, 0.5) is 5.69 Å². The van der Waals surface area contributed by atoms with Crippen molar-refractivity contribution >= 4 is 29.2 Å². The van der Waals surface area contributed by atoms with Crippen LogP contribution in [0.2, 0.25) is 5.02 Å². The number of aromatic carboxylic acids is 1. The highest BCUT2D eigenvalue weighted by atomic mass is 35.5. The third-order valence-corrected chi connectivity index (χ3v) is 7.52. The molecule has 1 aliphatic heterocycles. The molecule has 0 saturated heterocycles. The third-order valence-electron chi connectivity index (χ3n) is 7.21. The van der Waals surface area contributed by atoms with E-state index in [1.165, 1.54) is 18.4 Å². The van der Waals surface area contributed by atoms with Crippen LogP contribution < -0.4 is 5.32 Å². The van der Waals surface area contributed by atoms with Gasteiger partial charge in [0.05, 0.1) is 21.7 Å². The van der Waals surface area contributed by atoms with E-state index in [9.17, 15) is 14.7 Å². The molecule has 1 aromatic heterocycles. The average molecular weight is 445 g/mol. The van der Waals surface area contributed by atoms with Crippen LogP contribution in [0, 0.1) is 6.92 Å². The maximum Gasteiger partial charge on any atom is 0.335 e. The van der Waals surface area contributed by atoms with Gasteiger partial charge in [0.25, 0.3) is 0 Å². The number of hydrogen-bond acceptors (Lipinski definition) is 3. The Balaban J connectivity index is 1.40. The summed E-state index contributed by atoms with van der Waals surface area (Å²) in [6.45, 7) is 1.78. The fourth-order valence-corrected chi connectivity index (χ4v) is 5.38. The summed E-state index contributed by atoms with van der Waals surface area (Å²) in [7, 11) is 0. The number of pyridine rings is 1. The van der Waals surface area contributed by atoms with Gasteiger partial charge in [0.15, 0.2) is 0 Å². The van der Waals surface area contributed by atoms with Crippen molar-refractivity contribution in [2.45, 2.75) is 43.4 Å². The number of anilines is 1. The van der Waals surface area contributed by atoms with E-state index in [0.29, 0.717) is 22.9 Å². The number of carbonyl (C=O) groups excluding carboxylic acids is 1.